The molecule has 3 rings (SSSR count). The molecule has 2 aromatic rings. The maximum absolute atomic E-state index is 12.4. The number of benzene rings is 1. The lowest BCUT2D eigenvalue weighted by Crippen LogP contribution is -2.29. The van der Waals surface area contributed by atoms with Crippen molar-refractivity contribution in [2.45, 2.75) is 38.6 Å². The summed E-state index contributed by atoms with van der Waals surface area (Å²) in [6.45, 7) is 4.74. The fourth-order valence-corrected chi connectivity index (χ4v) is 2.82. The third-order valence-electron chi connectivity index (χ3n) is 4.28. The fraction of sp³-hybridized carbons (Fsp3) is 0.500. The normalized spacial score (nSPS) is 14.5. The van der Waals surface area contributed by atoms with Gasteiger partial charge in [0.2, 0.25) is 0 Å². The van der Waals surface area contributed by atoms with Crippen molar-refractivity contribution in [1.82, 2.24) is 20.3 Å². The van der Waals surface area contributed by atoms with E-state index in [1.165, 1.54) is 0 Å². The van der Waals surface area contributed by atoms with E-state index < -0.39 is 0 Å². The number of ether oxygens (including phenoxy) is 1. The van der Waals surface area contributed by atoms with Gasteiger partial charge in [-0.05, 0) is 44.5 Å². The Labute approximate surface area is 159 Å². The zero-order chi connectivity index (χ0) is 17.5. The molecule has 0 unspecified atom stereocenters. The van der Waals surface area contributed by atoms with Crippen LogP contribution in [0.25, 0.3) is 0 Å². The van der Waals surface area contributed by atoms with Crippen LogP contribution in [0.5, 0.6) is 5.75 Å². The van der Waals surface area contributed by atoms with Gasteiger partial charge in [-0.3, -0.25) is 4.79 Å². The molecule has 1 aromatic carbocycles. The maximum Gasteiger partial charge on any atom is 0.277 e. The number of hydrogen-bond acceptors (Lipinski definition) is 5. The number of carbonyl (C=O) groups excluding carboxylic acids is 1. The number of carbonyl (C=O) groups is 1. The summed E-state index contributed by atoms with van der Waals surface area (Å²) in [6, 6.07) is 7.72. The second-order valence-corrected chi connectivity index (χ2v) is 6.25. The molecule has 1 aromatic heterocycles. The number of anilines is 1. The van der Waals surface area contributed by atoms with Gasteiger partial charge < -0.3 is 15.4 Å². The second kappa shape index (κ2) is 10.1. The zero-order valence-electron chi connectivity index (χ0n) is 15.0. The molecule has 1 aliphatic heterocycles. The molecule has 2 N–H and O–H groups in total. The van der Waals surface area contributed by atoms with Crippen molar-refractivity contribution in [2.24, 2.45) is 0 Å². The molecule has 0 spiro atoms. The van der Waals surface area contributed by atoms with Crippen molar-refractivity contribution in [1.29, 1.82) is 0 Å². The summed E-state index contributed by atoms with van der Waals surface area (Å²) in [4.78, 5) is 12.4. The van der Waals surface area contributed by atoms with E-state index in [-0.39, 0.29) is 18.3 Å². The summed E-state index contributed by atoms with van der Waals surface area (Å²) >= 11 is 0. The van der Waals surface area contributed by atoms with Crippen LogP contribution < -0.4 is 15.4 Å². The van der Waals surface area contributed by atoms with Crippen molar-refractivity contribution in [3.05, 3.63) is 36.2 Å². The van der Waals surface area contributed by atoms with E-state index in [2.05, 4.69) is 27.9 Å². The lowest BCUT2D eigenvalue weighted by molar-refractivity contribution is 0.102. The van der Waals surface area contributed by atoms with Gasteiger partial charge in [0.05, 0.1) is 18.8 Å². The van der Waals surface area contributed by atoms with Crippen molar-refractivity contribution in [2.75, 3.05) is 25.0 Å². The molecule has 1 aliphatic rings. The van der Waals surface area contributed by atoms with Crippen molar-refractivity contribution in [3.63, 3.8) is 0 Å². The van der Waals surface area contributed by atoms with Gasteiger partial charge in [-0.25, -0.2) is 4.68 Å². The Morgan fingerprint density at radius 1 is 1.38 bits per heavy atom. The Balaban J connectivity index is 0.00000243. The number of rotatable bonds is 7. The standard InChI is InChI=1S/C18H25N5O2.ClH/c1-2-3-11-25-16-6-4-5-14(12-16)20-18(24)17-13-23(22-21-17)15-7-9-19-10-8-15;/h4-6,12-13,15,19H,2-3,7-11H2,1H3,(H,20,24);1H. The number of nitrogens with zero attached hydrogens (tertiary/aromatic N) is 3. The van der Waals surface area contributed by atoms with Gasteiger partial charge in [0.25, 0.3) is 5.91 Å². The van der Waals surface area contributed by atoms with E-state index in [0.29, 0.717) is 24.0 Å². The Hall–Kier alpha value is -2.12. The van der Waals surface area contributed by atoms with E-state index in [0.717, 1.165) is 44.5 Å². The highest BCUT2D eigenvalue weighted by molar-refractivity contribution is 6.02. The van der Waals surface area contributed by atoms with Crippen LogP contribution in [0.2, 0.25) is 0 Å². The SMILES string of the molecule is CCCCOc1cccc(NC(=O)c2cn(C3CCNCC3)nn2)c1.Cl. The number of halogens is 1. The molecular formula is C18H26ClN5O2. The van der Waals surface area contributed by atoms with Gasteiger partial charge in [0.1, 0.15) is 5.75 Å². The predicted molar refractivity (Wildman–Crippen MR) is 103 cm³/mol. The van der Waals surface area contributed by atoms with Gasteiger partial charge in [0, 0.05) is 11.8 Å². The van der Waals surface area contributed by atoms with Gasteiger partial charge >= 0.3 is 0 Å². The molecule has 0 aliphatic carbocycles. The number of aromatic nitrogens is 3. The summed E-state index contributed by atoms with van der Waals surface area (Å²) in [7, 11) is 0. The van der Waals surface area contributed by atoms with E-state index >= 15 is 0 Å². The van der Waals surface area contributed by atoms with E-state index in [1.54, 1.807) is 10.9 Å². The minimum Gasteiger partial charge on any atom is -0.494 e. The molecule has 7 nitrogen and oxygen atoms in total. The minimum atomic E-state index is -0.258. The van der Waals surface area contributed by atoms with E-state index in [1.807, 2.05) is 24.3 Å². The highest BCUT2D eigenvalue weighted by atomic mass is 35.5. The van der Waals surface area contributed by atoms with Crippen molar-refractivity contribution < 1.29 is 9.53 Å². The predicted octanol–water partition coefficient (Wildman–Crippen LogP) is 3.06. The molecule has 0 saturated carbocycles. The summed E-state index contributed by atoms with van der Waals surface area (Å²) in [5.74, 6) is 0.496. The quantitative estimate of drug-likeness (QED) is 0.722. The first-order valence-electron chi connectivity index (χ1n) is 8.93. The third kappa shape index (κ3) is 5.44. The largest absolute Gasteiger partial charge is 0.494 e. The number of amides is 1. The molecule has 0 bridgehead atoms. The van der Waals surface area contributed by atoms with Gasteiger partial charge in [-0.1, -0.05) is 24.6 Å². The van der Waals surface area contributed by atoms with Crippen LogP contribution in [-0.4, -0.2) is 40.6 Å². The zero-order valence-corrected chi connectivity index (χ0v) is 15.8. The van der Waals surface area contributed by atoms with Gasteiger partial charge in [0.15, 0.2) is 5.69 Å². The monoisotopic (exact) mass is 379 g/mol. The van der Waals surface area contributed by atoms with Crippen LogP contribution in [-0.2, 0) is 0 Å². The Morgan fingerprint density at radius 2 is 2.19 bits per heavy atom. The maximum atomic E-state index is 12.4. The van der Waals surface area contributed by atoms with Crippen LogP contribution in [0.15, 0.2) is 30.5 Å². The van der Waals surface area contributed by atoms with Crippen molar-refractivity contribution >= 4 is 24.0 Å². The number of nitrogens with one attached hydrogen (secondary N) is 2. The molecule has 8 heteroatoms. The average Bonchev–Trinajstić information content (AvgIpc) is 3.13. The summed E-state index contributed by atoms with van der Waals surface area (Å²) in [5.41, 5.74) is 1.02. The third-order valence-corrected chi connectivity index (χ3v) is 4.28. The van der Waals surface area contributed by atoms with Crippen LogP contribution in [0.1, 0.15) is 49.1 Å². The molecule has 0 atom stereocenters. The first-order chi connectivity index (χ1) is 12.3. The molecule has 2 heterocycles. The number of hydrogen-bond donors (Lipinski definition) is 2. The van der Waals surface area contributed by atoms with E-state index in [4.69, 9.17) is 4.74 Å². The number of unbranched alkanes of at least 4 members (excludes halogenated alkanes) is 1. The summed E-state index contributed by atoms with van der Waals surface area (Å²) in [5, 5.41) is 14.3. The minimum absolute atomic E-state index is 0. The number of piperidine rings is 1. The second-order valence-electron chi connectivity index (χ2n) is 6.25. The molecule has 26 heavy (non-hydrogen) atoms. The molecule has 1 amide bonds. The average molecular weight is 380 g/mol. The van der Waals surface area contributed by atoms with Crippen LogP contribution in [0.4, 0.5) is 5.69 Å². The molecule has 142 valence electrons. The topological polar surface area (TPSA) is 81.1 Å². The molecular weight excluding hydrogens is 354 g/mol. The Kier molecular flexibility index (Phi) is 7.87. The van der Waals surface area contributed by atoms with E-state index in [9.17, 15) is 4.79 Å². The smallest absolute Gasteiger partial charge is 0.277 e. The molecule has 1 fully saturated rings. The lowest BCUT2D eigenvalue weighted by Gasteiger charge is -2.22. The van der Waals surface area contributed by atoms with Crippen LogP contribution in [0, 0.1) is 0 Å². The fourth-order valence-electron chi connectivity index (χ4n) is 2.82. The van der Waals surface area contributed by atoms with Gasteiger partial charge in [-0.15, -0.1) is 17.5 Å². The van der Waals surface area contributed by atoms with Crippen LogP contribution in [0.3, 0.4) is 0 Å². The van der Waals surface area contributed by atoms with Gasteiger partial charge in [-0.2, -0.15) is 0 Å². The lowest BCUT2D eigenvalue weighted by atomic mass is 10.1. The highest BCUT2D eigenvalue weighted by Gasteiger charge is 2.18. The molecule has 1 saturated heterocycles. The molecule has 0 radical (unpaired) electrons. The summed E-state index contributed by atoms with van der Waals surface area (Å²) < 4.78 is 7.47. The highest BCUT2D eigenvalue weighted by Crippen LogP contribution is 2.19. The first-order valence-corrected chi connectivity index (χ1v) is 8.93. The Morgan fingerprint density at radius 3 is 2.96 bits per heavy atom. The Bertz CT molecular complexity index is 700. The van der Waals surface area contributed by atoms with Crippen LogP contribution >= 0.6 is 12.4 Å². The van der Waals surface area contributed by atoms with Crippen molar-refractivity contribution in [3.8, 4) is 5.75 Å². The summed E-state index contributed by atoms with van der Waals surface area (Å²) in [6.07, 6.45) is 5.83. The first kappa shape index (κ1) is 20.2.